The minimum absolute atomic E-state index is 0.119. The SMILES string of the molecule is CCn1c(=O)n(CCC(=O)Nc2cc(F)ccc2N2CCCCC2)c2ccccc21. The number of imidazole rings is 1. The highest BCUT2D eigenvalue weighted by molar-refractivity contribution is 5.94. The van der Waals surface area contributed by atoms with Gasteiger partial charge in [-0.1, -0.05) is 12.1 Å². The summed E-state index contributed by atoms with van der Waals surface area (Å²) in [5.41, 5.74) is 2.90. The van der Waals surface area contributed by atoms with Crippen LogP contribution in [0.4, 0.5) is 15.8 Å². The van der Waals surface area contributed by atoms with Gasteiger partial charge in [0.2, 0.25) is 5.91 Å². The number of carbonyl (C=O) groups is 1. The maximum Gasteiger partial charge on any atom is 0.329 e. The number of nitrogens with zero attached hydrogens (tertiary/aromatic N) is 3. The molecule has 7 heteroatoms. The fourth-order valence-electron chi connectivity index (χ4n) is 4.24. The average molecular weight is 410 g/mol. The lowest BCUT2D eigenvalue weighted by Gasteiger charge is -2.30. The van der Waals surface area contributed by atoms with E-state index in [1.807, 2.05) is 31.2 Å². The molecule has 3 aromatic rings. The molecule has 2 heterocycles. The zero-order chi connectivity index (χ0) is 21.1. The summed E-state index contributed by atoms with van der Waals surface area (Å²) in [6.45, 7) is 4.57. The molecule has 2 aromatic carbocycles. The zero-order valence-electron chi connectivity index (χ0n) is 17.2. The maximum absolute atomic E-state index is 13.9. The molecule has 1 saturated heterocycles. The summed E-state index contributed by atoms with van der Waals surface area (Å²) in [6.07, 6.45) is 3.51. The first-order valence-electron chi connectivity index (χ1n) is 10.6. The number of hydrogen-bond donors (Lipinski definition) is 1. The number of piperidine rings is 1. The Morgan fingerprint density at radius 2 is 1.73 bits per heavy atom. The second kappa shape index (κ2) is 8.73. The molecule has 0 saturated carbocycles. The van der Waals surface area contributed by atoms with Crippen LogP contribution >= 0.6 is 0 Å². The summed E-state index contributed by atoms with van der Waals surface area (Å²) in [5.74, 6) is -0.618. The van der Waals surface area contributed by atoms with Gasteiger partial charge in [-0.3, -0.25) is 13.9 Å². The number of amides is 1. The summed E-state index contributed by atoms with van der Waals surface area (Å²) in [4.78, 5) is 27.6. The van der Waals surface area contributed by atoms with E-state index >= 15 is 0 Å². The number of para-hydroxylation sites is 2. The van der Waals surface area contributed by atoms with E-state index in [0.717, 1.165) is 42.7 Å². The normalized spacial score (nSPS) is 14.3. The molecule has 1 fully saturated rings. The molecule has 4 rings (SSSR count). The van der Waals surface area contributed by atoms with Crippen LogP contribution in [-0.4, -0.2) is 28.1 Å². The van der Waals surface area contributed by atoms with Gasteiger partial charge in [0.1, 0.15) is 5.82 Å². The van der Waals surface area contributed by atoms with Crippen molar-refractivity contribution in [2.75, 3.05) is 23.3 Å². The highest BCUT2D eigenvalue weighted by Gasteiger charge is 2.17. The largest absolute Gasteiger partial charge is 0.370 e. The Hall–Kier alpha value is -3.09. The number of aryl methyl sites for hydroxylation is 2. The molecule has 0 unspecified atom stereocenters. The predicted octanol–water partition coefficient (Wildman–Crippen LogP) is 3.98. The van der Waals surface area contributed by atoms with Crippen LogP contribution in [-0.2, 0) is 17.9 Å². The highest BCUT2D eigenvalue weighted by atomic mass is 19.1. The number of carbonyl (C=O) groups excluding carboxylic acids is 1. The molecule has 0 spiro atoms. The molecule has 158 valence electrons. The third-order valence-electron chi connectivity index (χ3n) is 5.73. The summed E-state index contributed by atoms with van der Waals surface area (Å²) in [5, 5.41) is 2.86. The van der Waals surface area contributed by atoms with Crippen LogP contribution < -0.4 is 15.9 Å². The molecular weight excluding hydrogens is 383 g/mol. The Morgan fingerprint density at radius 1 is 1.03 bits per heavy atom. The van der Waals surface area contributed by atoms with E-state index in [1.165, 1.54) is 18.6 Å². The van der Waals surface area contributed by atoms with E-state index in [-0.39, 0.29) is 30.4 Å². The number of benzene rings is 2. The zero-order valence-corrected chi connectivity index (χ0v) is 17.2. The minimum atomic E-state index is -0.381. The summed E-state index contributed by atoms with van der Waals surface area (Å²) in [7, 11) is 0. The smallest absolute Gasteiger partial charge is 0.329 e. The number of nitrogens with one attached hydrogen (secondary N) is 1. The Labute approximate surface area is 174 Å². The van der Waals surface area contributed by atoms with Crippen molar-refractivity contribution in [1.82, 2.24) is 9.13 Å². The van der Waals surface area contributed by atoms with Crippen molar-refractivity contribution in [2.45, 2.75) is 45.7 Å². The van der Waals surface area contributed by atoms with Crippen LogP contribution in [0, 0.1) is 5.82 Å². The lowest BCUT2D eigenvalue weighted by atomic mass is 10.1. The maximum atomic E-state index is 13.9. The van der Waals surface area contributed by atoms with Gasteiger partial charge in [0, 0.05) is 32.6 Å². The van der Waals surface area contributed by atoms with Gasteiger partial charge in [0.05, 0.1) is 22.4 Å². The van der Waals surface area contributed by atoms with Gasteiger partial charge in [-0.15, -0.1) is 0 Å². The molecule has 1 aliphatic heterocycles. The molecule has 0 atom stereocenters. The Bertz CT molecular complexity index is 1110. The van der Waals surface area contributed by atoms with Gasteiger partial charge in [0.15, 0.2) is 0 Å². The Morgan fingerprint density at radius 3 is 2.43 bits per heavy atom. The fraction of sp³-hybridized carbons (Fsp3) is 0.391. The summed E-state index contributed by atoms with van der Waals surface area (Å²) in [6, 6.07) is 12.1. The van der Waals surface area contributed by atoms with E-state index in [4.69, 9.17) is 0 Å². The van der Waals surface area contributed by atoms with E-state index in [0.29, 0.717) is 12.2 Å². The molecule has 1 N–H and O–H groups in total. The van der Waals surface area contributed by atoms with Crippen LogP contribution in [0.1, 0.15) is 32.6 Å². The van der Waals surface area contributed by atoms with Crippen molar-refractivity contribution >= 4 is 28.3 Å². The first kappa shape index (κ1) is 20.2. The van der Waals surface area contributed by atoms with Gasteiger partial charge in [-0.05, 0) is 56.5 Å². The van der Waals surface area contributed by atoms with Gasteiger partial charge < -0.3 is 10.2 Å². The van der Waals surface area contributed by atoms with Crippen LogP contribution in [0.25, 0.3) is 11.0 Å². The molecule has 0 aliphatic carbocycles. The molecule has 1 aliphatic rings. The van der Waals surface area contributed by atoms with E-state index in [9.17, 15) is 14.0 Å². The second-order valence-electron chi connectivity index (χ2n) is 7.67. The second-order valence-corrected chi connectivity index (χ2v) is 7.67. The lowest BCUT2D eigenvalue weighted by molar-refractivity contribution is -0.116. The number of anilines is 2. The Kier molecular flexibility index (Phi) is 5.88. The molecule has 30 heavy (non-hydrogen) atoms. The number of halogens is 1. The van der Waals surface area contributed by atoms with Crippen molar-refractivity contribution in [3.8, 4) is 0 Å². The van der Waals surface area contributed by atoms with Crippen molar-refractivity contribution in [3.63, 3.8) is 0 Å². The van der Waals surface area contributed by atoms with Gasteiger partial charge in [0.25, 0.3) is 0 Å². The average Bonchev–Trinajstić information content (AvgIpc) is 3.03. The van der Waals surface area contributed by atoms with Gasteiger partial charge in [-0.25, -0.2) is 9.18 Å². The van der Waals surface area contributed by atoms with Crippen molar-refractivity contribution in [3.05, 3.63) is 58.8 Å². The molecule has 1 aromatic heterocycles. The first-order chi connectivity index (χ1) is 14.6. The fourth-order valence-corrected chi connectivity index (χ4v) is 4.24. The molecular formula is C23H27FN4O2. The number of hydrogen-bond acceptors (Lipinski definition) is 3. The third kappa shape index (κ3) is 3.97. The lowest BCUT2D eigenvalue weighted by Crippen LogP contribution is -2.30. The van der Waals surface area contributed by atoms with Crippen LogP contribution in [0.5, 0.6) is 0 Å². The van der Waals surface area contributed by atoms with Crippen LogP contribution in [0.3, 0.4) is 0 Å². The van der Waals surface area contributed by atoms with E-state index < -0.39 is 0 Å². The van der Waals surface area contributed by atoms with E-state index in [1.54, 1.807) is 15.2 Å². The monoisotopic (exact) mass is 410 g/mol. The number of fused-ring (bicyclic) bond motifs is 1. The van der Waals surface area contributed by atoms with Crippen molar-refractivity contribution in [2.24, 2.45) is 0 Å². The topological polar surface area (TPSA) is 59.3 Å². The Balaban J connectivity index is 1.51. The highest BCUT2D eigenvalue weighted by Crippen LogP contribution is 2.29. The van der Waals surface area contributed by atoms with Crippen LogP contribution in [0.2, 0.25) is 0 Å². The van der Waals surface area contributed by atoms with Crippen molar-refractivity contribution < 1.29 is 9.18 Å². The standard InChI is InChI=1S/C23H27FN4O2/c1-2-27-20-8-4-5-9-21(20)28(23(27)30)15-12-22(29)25-18-16-17(24)10-11-19(18)26-13-6-3-7-14-26/h4-5,8-11,16H,2-3,6-7,12-15H2,1H3,(H,25,29). The minimum Gasteiger partial charge on any atom is -0.370 e. The quantitative estimate of drug-likeness (QED) is 0.669. The van der Waals surface area contributed by atoms with Gasteiger partial charge >= 0.3 is 5.69 Å². The molecule has 1 amide bonds. The number of rotatable bonds is 6. The van der Waals surface area contributed by atoms with Crippen LogP contribution in [0.15, 0.2) is 47.3 Å². The summed E-state index contributed by atoms with van der Waals surface area (Å²) < 4.78 is 17.2. The third-order valence-corrected chi connectivity index (χ3v) is 5.73. The molecule has 0 radical (unpaired) electrons. The van der Waals surface area contributed by atoms with Crippen molar-refractivity contribution in [1.29, 1.82) is 0 Å². The number of aromatic nitrogens is 2. The molecule has 0 bridgehead atoms. The summed E-state index contributed by atoms with van der Waals surface area (Å²) >= 11 is 0. The molecule has 6 nitrogen and oxygen atoms in total. The van der Waals surface area contributed by atoms with E-state index in [2.05, 4.69) is 10.2 Å². The van der Waals surface area contributed by atoms with Gasteiger partial charge in [-0.2, -0.15) is 0 Å². The predicted molar refractivity (Wildman–Crippen MR) is 118 cm³/mol. The first-order valence-corrected chi connectivity index (χ1v) is 10.6.